The average Bonchev–Trinajstić information content (AvgIpc) is 2.61. The Morgan fingerprint density at radius 3 is 2.70 bits per heavy atom. The van der Waals surface area contributed by atoms with E-state index in [0.717, 1.165) is 18.4 Å². The summed E-state index contributed by atoms with van der Waals surface area (Å²) in [6, 6.07) is 5.02. The van der Waals surface area contributed by atoms with Gasteiger partial charge in [-0.25, -0.2) is 0 Å². The van der Waals surface area contributed by atoms with Crippen LogP contribution in [0.25, 0.3) is 0 Å². The minimum atomic E-state index is -0.370. The zero-order chi connectivity index (χ0) is 16.8. The van der Waals surface area contributed by atoms with Crippen molar-refractivity contribution in [3.8, 4) is 11.5 Å². The molecule has 0 radical (unpaired) electrons. The van der Waals surface area contributed by atoms with E-state index in [1.165, 1.54) is 0 Å². The van der Waals surface area contributed by atoms with Crippen LogP contribution in [0, 0.1) is 0 Å². The third kappa shape index (κ3) is 3.94. The van der Waals surface area contributed by atoms with Crippen LogP contribution in [0.15, 0.2) is 18.2 Å². The van der Waals surface area contributed by atoms with Gasteiger partial charge in [0, 0.05) is 25.2 Å². The molecule has 23 heavy (non-hydrogen) atoms. The van der Waals surface area contributed by atoms with E-state index in [-0.39, 0.29) is 24.3 Å². The van der Waals surface area contributed by atoms with Crippen molar-refractivity contribution in [3.05, 3.63) is 23.8 Å². The van der Waals surface area contributed by atoms with Crippen molar-refractivity contribution in [2.24, 2.45) is 0 Å². The Balaban J connectivity index is 2.15. The van der Waals surface area contributed by atoms with Gasteiger partial charge in [-0.3, -0.25) is 9.59 Å². The molecule has 126 valence electrons. The highest BCUT2D eigenvalue weighted by Gasteiger charge is 2.31. The predicted octanol–water partition coefficient (Wildman–Crippen LogP) is 1.37. The van der Waals surface area contributed by atoms with Gasteiger partial charge in [0.25, 0.3) is 0 Å². The lowest BCUT2D eigenvalue weighted by Gasteiger charge is -2.34. The highest BCUT2D eigenvalue weighted by Crippen LogP contribution is 2.26. The van der Waals surface area contributed by atoms with E-state index in [0.29, 0.717) is 24.5 Å². The molecule has 0 bridgehead atoms. The van der Waals surface area contributed by atoms with Gasteiger partial charge in [0.05, 0.1) is 20.6 Å². The lowest BCUT2D eigenvalue weighted by atomic mass is 10.00. The number of nitrogens with one attached hydrogen (secondary N) is 1. The van der Waals surface area contributed by atoms with Gasteiger partial charge in [0.15, 0.2) is 0 Å². The Hall–Kier alpha value is -2.24. The van der Waals surface area contributed by atoms with E-state index in [9.17, 15) is 9.59 Å². The van der Waals surface area contributed by atoms with Crippen LogP contribution in [-0.2, 0) is 16.0 Å². The SMILES string of the molecule is CNC(=O)[C@@H]1CCCCN1C(=O)Cc1ccc(OC)cc1OC. The van der Waals surface area contributed by atoms with Crippen molar-refractivity contribution in [1.82, 2.24) is 10.2 Å². The molecule has 0 spiro atoms. The molecule has 0 unspecified atom stereocenters. The van der Waals surface area contributed by atoms with Gasteiger partial charge < -0.3 is 19.7 Å². The van der Waals surface area contributed by atoms with E-state index in [1.54, 1.807) is 38.3 Å². The van der Waals surface area contributed by atoms with Crippen LogP contribution in [0.4, 0.5) is 0 Å². The molecule has 2 rings (SSSR count). The number of amides is 2. The van der Waals surface area contributed by atoms with E-state index in [1.807, 2.05) is 6.07 Å². The number of carbonyl (C=O) groups is 2. The molecular formula is C17H24N2O4. The zero-order valence-corrected chi connectivity index (χ0v) is 13.9. The predicted molar refractivity (Wildman–Crippen MR) is 86.7 cm³/mol. The first-order valence-corrected chi connectivity index (χ1v) is 7.82. The van der Waals surface area contributed by atoms with Crippen LogP contribution in [0.1, 0.15) is 24.8 Å². The van der Waals surface area contributed by atoms with Crippen molar-refractivity contribution in [2.75, 3.05) is 27.8 Å². The third-order valence-electron chi connectivity index (χ3n) is 4.21. The van der Waals surface area contributed by atoms with Crippen molar-refractivity contribution in [1.29, 1.82) is 0 Å². The normalized spacial score (nSPS) is 17.5. The van der Waals surface area contributed by atoms with Crippen molar-refractivity contribution in [2.45, 2.75) is 31.7 Å². The number of hydrogen-bond acceptors (Lipinski definition) is 4. The highest BCUT2D eigenvalue weighted by atomic mass is 16.5. The highest BCUT2D eigenvalue weighted by molar-refractivity contribution is 5.88. The molecule has 1 fully saturated rings. The summed E-state index contributed by atoms with van der Waals surface area (Å²) in [5.74, 6) is 1.15. The first kappa shape index (κ1) is 17.1. The second-order valence-corrected chi connectivity index (χ2v) is 5.57. The number of likely N-dealkylation sites (N-methyl/N-ethyl adjacent to an activating group) is 1. The van der Waals surface area contributed by atoms with E-state index in [4.69, 9.17) is 9.47 Å². The monoisotopic (exact) mass is 320 g/mol. The standard InChI is InChI=1S/C17H24N2O4/c1-18-17(21)14-6-4-5-9-19(14)16(20)10-12-7-8-13(22-2)11-15(12)23-3/h7-8,11,14H,4-6,9-10H2,1-3H3,(H,18,21)/t14-/m0/s1. The second-order valence-electron chi connectivity index (χ2n) is 5.57. The molecule has 1 heterocycles. The summed E-state index contributed by atoms with van der Waals surface area (Å²) in [4.78, 5) is 26.4. The van der Waals surface area contributed by atoms with Crippen molar-refractivity contribution < 1.29 is 19.1 Å². The van der Waals surface area contributed by atoms with Crippen LogP contribution < -0.4 is 14.8 Å². The topological polar surface area (TPSA) is 67.9 Å². The Morgan fingerprint density at radius 2 is 2.04 bits per heavy atom. The van der Waals surface area contributed by atoms with Crippen LogP contribution in [0.5, 0.6) is 11.5 Å². The molecule has 2 amide bonds. The molecule has 1 N–H and O–H groups in total. The van der Waals surface area contributed by atoms with E-state index < -0.39 is 0 Å². The summed E-state index contributed by atoms with van der Waals surface area (Å²) in [5.41, 5.74) is 0.791. The molecule has 6 nitrogen and oxygen atoms in total. The minimum Gasteiger partial charge on any atom is -0.497 e. The fourth-order valence-corrected chi connectivity index (χ4v) is 2.93. The lowest BCUT2D eigenvalue weighted by Crippen LogP contribution is -2.51. The Kier molecular flexibility index (Phi) is 5.84. The Morgan fingerprint density at radius 1 is 1.26 bits per heavy atom. The summed E-state index contributed by atoms with van der Waals surface area (Å²) >= 11 is 0. The maximum atomic E-state index is 12.7. The number of piperidine rings is 1. The van der Waals surface area contributed by atoms with E-state index in [2.05, 4.69) is 5.32 Å². The summed E-state index contributed by atoms with van der Waals surface area (Å²) in [6.07, 6.45) is 2.82. The molecule has 1 aliphatic rings. The lowest BCUT2D eigenvalue weighted by molar-refractivity contribution is -0.141. The molecule has 1 aromatic rings. The summed E-state index contributed by atoms with van der Waals surface area (Å²) in [7, 11) is 4.75. The number of likely N-dealkylation sites (tertiary alicyclic amines) is 1. The van der Waals surface area contributed by atoms with Crippen molar-refractivity contribution in [3.63, 3.8) is 0 Å². The summed E-state index contributed by atoms with van der Waals surface area (Å²) < 4.78 is 10.5. The Bertz CT molecular complexity index is 574. The van der Waals surface area contributed by atoms with Gasteiger partial charge >= 0.3 is 0 Å². The van der Waals surface area contributed by atoms with Gasteiger partial charge in [0.1, 0.15) is 17.5 Å². The Labute approximate surface area is 136 Å². The fourth-order valence-electron chi connectivity index (χ4n) is 2.93. The molecule has 1 aliphatic heterocycles. The maximum absolute atomic E-state index is 12.7. The third-order valence-corrected chi connectivity index (χ3v) is 4.21. The number of nitrogens with zero attached hydrogens (tertiary/aromatic N) is 1. The van der Waals surface area contributed by atoms with E-state index >= 15 is 0 Å². The number of ether oxygens (including phenoxy) is 2. The fraction of sp³-hybridized carbons (Fsp3) is 0.529. The summed E-state index contributed by atoms with van der Waals surface area (Å²) in [5, 5.41) is 2.65. The molecule has 1 saturated heterocycles. The van der Waals surface area contributed by atoms with Crippen LogP contribution in [-0.4, -0.2) is 50.6 Å². The minimum absolute atomic E-state index is 0.0539. The largest absolute Gasteiger partial charge is 0.497 e. The van der Waals surface area contributed by atoms with Gasteiger partial charge in [0.2, 0.25) is 11.8 Å². The molecule has 0 aliphatic carbocycles. The summed E-state index contributed by atoms with van der Waals surface area (Å²) in [6.45, 7) is 0.620. The maximum Gasteiger partial charge on any atom is 0.242 e. The second kappa shape index (κ2) is 7.85. The smallest absolute Gasteiger partial charge is 0.242 e. The van der Waals surface area contributed by atoms with Crippen LogP contribution in [0.2, 0.25) is 0 Å². The molecule has 1 aromatic carbocycles. The molecule has 0 saturated carbocycles. The number of methoxy groups -OCH3 is 2. The first-order chi connectivity index (χ1) is 11.1. The number of carbonyl (C=O) groups excluding carboxylic acids is 2. The number of hydrogen-bond donors (Lipinski definition) is 1. The number of benzene rings is 1. The van der Waals surface area contributed by atoms with Gasteiger partial charge in [-0.15, -0.1) is 0 Å². The number of rotatable bonds is 5. The van der Waals surface area contributed by atoms with Crippen LogP contribution in [0.3, 0.4) is 0 Å². The first-order valence-electron chi connectivity index (χ1n) is 7.82. The molecular weight excluding hydrogens is 296 g/mol. The van der Waals surface area contributed by atoms with Crippen LogP contribution >= 0.6 is 0 Å². The van der Waals surface area contributed by atoms with Gasteiger partial charge in [-0.1, -0.05) is 6.07 Å². The zero-order valence-electron chi connectivity index (χ0n) is 13.9. The molecule has 0 aromatic heterocycles. The van der Waals surface area contributed by atoms with Crippen molar-refractivity contribution >= 4 is 11.8 Å². The molecule has 6 heteroatoms. The van der Waals surface area contributed by atoms with Gasteiger partial charge in [-0.2, -0.15) is 0 Å². The molecule has 1 atom stereocenters. The van der Waals surface area contributed by atoms with Gasteiger partial charge in [-0.05, 0) is 25.3 Å². The average molecular weight is 320 g/mol. The quantitative estimate of drug-likeness (QED) is 0.890.